The fraction of sp³-hybridized carbons (Fsp3) is 0.0351. The van der Waals surface area contributed by atoms with Gasteiger partial charge in [-0.2, -0.15) is 0 Å². The van der Waals surface area contributed by atoms with Crippen LogP contribution in [0.3, 0.4) is 0 Å². The molecule has 0 fully saturated rings. The van der Waals surface area contributed by atoms with E-state index in [0.717, 1.165) is 84.7 Å². The zero-order chi connectivity index (χ0) is 41.7. The van der Waals surface area contributed by atoms with Gasteiger partial charge in [-0.05, 0) is 89.7 Å². The fourth-order valence-corrected chi connectivity index (χ4v) is 10.1. The van der Waals surface area contributed by atoms with Crippen LogP contribution in [0.5, 0.6) is 0 Å². The standard InChI is InChI=1S/C57H38N4OS/c1-4-15-37(16-5-1)39-27-31-42(32-28-39)61(43-33-29-40(30-34-43)38-17-6-2-7-18-38)48-36-35-47(54-53(48)44-21-10-12-24-49(44)62-54)57-59-55(41-19-8-3-9-20-41)58-56(60-57)46-23-14-26-51-52(46)45-22-11-13-25-50(45)63-51/h1-9,11,13-36H,10,12H2. The van der Waals surface area contributed by atoms with Gasteiger partial charge in [0.25, 0.3) is 0 Å². The van der Waals surface area contributed by atoms with Crippen molar-refractivity contribution in [2.24, 2.45) is 0 Å². The minimum Gasteiger partial charge on any atom is -0.456 e. The lowest BCUT2D eigenvalue weighted by Gasteiger charge is -2.27. The monoisotopic (exact) mass is 826 g/mol. The lowest BCUT2D eigenvalue weighted by Crippen LogP contribution is -2.23. The molecule has 0 atom stereocenters. The van der Waals surface area contributed by atoms with Gasteiger partial charge in [0.1, 0.15) is 11.0 Å². The molecule has 298 valence electrons. The van der Waals surface area contributed by atoms with Gasteiger partial charge >= 0.3 is 0 Å². The highest BCUT2D eigenvalue weighted by atomic mass is 32.1. The third-order valence-corrected chi connectivity index (χ3v) is 13.1. The second-order valence-electron chi connectivity index (χ2n) is 15.8. The molecule has 3 aromatic heterocycles. The molecule has 3 heterocycles. The van der Waals surface area contributed by atoms with E-state index in [1.54, 1.807) is 11.3 Å². The van der Waals surface area contributed by atoms with Gasteiger partial charge in [-0.25, -0.2) is 15.0 Å². The summed E-state index contributed by atoms with van der Waals surface area (Å²) in [5, 5.41) is 4.46. The Morgan fingerprint density at radius 1 is 0.413 bits per heavy atom. The number of hydrogen-bond acceptors (Lipinski definition) is 6. The highest BCUT2D eigenvalue weighted by Crippen LogP contribution is 2.43. The van der Waals surface area contributed by atoms with E-state index in [-0.39, 0.29) is 0 Å². The number of benzene rings is 8. The molecule has 1 aliphatic rings. The molecule has 0 amide bonds. The SMILES string of the molecule is C1=c2oc3c(-c4nc(-c5ccccc5)nc(-c5cccc6sc7ccccc7c56)n4)ccc(N(c4ccc(-c5ccccc5)cc4)c4ccc(-c5ccccc5)cc4)c3c2=CCC1. The van der Waals surface area contributed by atoms with Crippen molar-refractivity contribution in [1.82, 2.24) is 15.0 Å². The van der Waals surface area contributed by atoms with Crippen molar-refractivity contribution < 1.29 is 4.42 Å². The minimum atomic E-state index is 0.559. The molecule has 0 saturated heterocycles. The zero-order valence-electron chi connectivity index (χ0n) is 34.1. The molecule has 0 spiro atoms. The number of anilines is 3. The smallest absolute Gasteiger partial charge is 0.167 e. The average Bonchev–Trinajstić information content (AvgIpc) is 3.95. The summed E-state index contributed by atoms with van der Waals surface area (Å²) >= 11 is 1.79. The average molecular weight is 827 g/mol. The van der Waals surface area contributed by atoms with Crippen LogP contribution in [-0.2, 0) is 0 Å². The summed E-state index contributed by atoms with van der Waals surface area (Å²) in [5.41, 5.74) is 12.1. The van der Waals surface area contributed by atoms with E-state index in [9.17, 15) is 0 Å². The highest BCUT2D eigenvalue weighted by Gasteiger charge is 2.25. The first-order valence-corrected chi connectivity index (χ1v) is 22.1. The molecule has 8 aromatic carbocycles. The number of nitrogens with zero attached hydrogens (tertiary/aromatic N) is 4. The number of hydrogen-bond donors (Lipinski definition) is 0. The summed E-state index contributed by atoms with van der Waals surface area (Å²) < 4.78 is 9.42. The Morgan fingerprint density at radius 3 is 1.62 bits per heavy atom. The van der Waals surface area contributed by atoms with Crippen molar-refractivity contribution >= 4 is 71.7 Å². The molecule has 0 saturated carbocycles. The molecule has 0 aliphatic heterocycles. The predicted molar refractivity (Wildman–Crippen MR) is 262 cm³/mol. The van der Waals surface area contributed by atoms with Crippen LogP contribution in [0, 0.1) is 0 Å². The summed E-state index contributed by atoms with van der Waals surface area (Å²) in [6, 6.07) is 68.3. The lowest BCUT2D eigenvalue weighted by molar-refractivity contribution is 0.572. The van der Waals surface area contributed by atoms with Gasteiger partial charge in [0.15, 0.2) is 17.5 Å². The van der Waals surface area contributed by atoms with Crippen molar-refractivity contribution in [3.8, 4) is 56.4 Å². The molecule has 0 radical (unpaired) electrons. The van der Waals surface area contributed by atoms with E-state index in [1.165, 1.54) is 25.9 Å². The molecular weight excluding hydrogens is 789 g/mol. The van der Waals surface area contributed by atoms with Crippen molar-refractivity contribution in [2.45, 2.75) is 12.8 Å². The largest absolute Gasteiger partial charge is 0.456 e. The van der Waals surface area contributed by atoms with Gasteiger partial charge in [-0.3, -0.25) is 0 Å². The number of thiophene rings is 1. The van der Waals surface area contributed by atoms with Gasteiger partial charge in [0, 0.05) is 47.9 Å². The van der Waals surface area contributed by atoms with Crippen LogP contribution in [-0.4, -0.2) is 15.0 Å². The summed E-state index contributed by atoms with van der Waals surface area (Å²) in [6.45, 7) is 0. The van der Waals surface area contributed by atoms with Gasteiger partial charge in [0.2, 0.25) is 0 Å². The van der Waals surface area contributed by atoms with Crippen LogP contribution in [0.4, 0.5) is 17.1 Å². The Morgan fingerprint density at radius 2 is 0.952 bits per heavy atom. The third kappa shape index (κ3) is 6.60. The van der Waals surface area contributed by atoms with Crippen LogP contribution in [0.2, 0.25) is 0 Å². The summed E-state index contributed by atoms with van der Waals surface area (Å²) in [5.74, 6) is 1.79. The van der Waals surface area contributed by atoms with Crippen LogP contribution in [0.1, 0.15) is 12.8 Å². The molecule has 6 heteroatoms. The lowest BCUT2D eigenvalue weighted by atomic mass is 10.0. The molecule has 0 N–H and O–H groups in total. The van der Waals surface area contributed by atoms with E-state index in [1.807, 2.05) is 18.2 Å². The van der Waals surface area contributed by atoms with Gasteiger partial charge in [0.05, 0.1) is 16.6 Å². The highest BCUT2D eigenvalue weighted by molar-refractivity contribution is 7.25. The molecular formula is C57H38N4OS. The van der Waals surface area contributed by atoms with E-state index in [0.29, 0.717) is 17.5 Å². The van der Waals surface area contributed by atoms with Gasteiger partial charge < -0.3 is 9.32 Å². The summed E-state index contributed by atoms with van der Waals surface area (Å²) in [7, 11) is 0. The molecule has 63 heavy (non-hydrogen) atoms. The second kappa shape index (κ2) is 15.5. The summed E-state index contributed by atoms with van der Waals surface area (Å²) in [4.78, 5) is 18.1. The number of furan rings is 1. The van der Waals surface area contributed by atoms with Gasteiger partial charge in [-0.15, -0.1) is 11.3 Å². The Balaban J connectivity index is 1.08. The molecule has 5 nitrogen and oxygen atoms in total. The van der Waals surface area contributed by atoms with Crippen LogP contribution >= 0.6 is 11.3 Å². The van der Waals surface area contributed by atoms with E-state index < -0.39 is 0 Å². The van der Waals surface area contributed by atoms with E-state index in [2.05, 4.69) is 193 Å². The fourth-order valence-electron chi connectivity index (χ4n) is 8.97. The van der Waals surface area contributed by atoms with E-state index >= 15 is 0 Å². The van der Waals surface area contributed by atoms with Crippen LogP contribution < -0.4 is 15.5 Å². The van der Waals surface area contributed by atoms with E-state index in [4.69, 9.17) is 19.4 Å². The Kier molecular flexibility index (Phi) is 9.08. The van der Waals surface area contributed by atoms with Crippen molar-refractivity contribution in [3.05, 3.63) is 205 Å². The first-order chi connectivity index (χ1) is 31.2. The molecule has 0 bridgehead atoms. The minimum absolute atomic E-state index is 0.559. The maximum Gasteiger partial charge on any atom is 0.167 e. The van der Waals surface area contributed by atoms with Crippen molar-refractivity contribution in [3.63, 3.8) is 0 Å². The maximum absolute atomic E-state index is 6.99. The van der Waals surface area contributed by atoms with Crippen molar-refractivity contribution in [2.75, 3.05) is 4.90 Å². The number of aromatic nitrogens is 3. The zero-order valence-corrected chi connectivity index (χ0v) is 35.0. The molecule has 11 aromatic rings. The topological polar surface area (TPSA) is 55.1 Å². The van der Waals surface area contributed by atoms with Crippen LogP contribution in [0.15, 0.2) is 199 Å². The number of fused-ring (bicyclic) bond motifs is 6. The van der Waals surface area contributed by atoms with Crippen LogP contribution in [0.25, 0.3) is 99.7 Å². The molecule has 0 unspecified atom stereocenters. The number of rotatable bonds is 8. The first kappa shape index (κ1) is 36.9. The normalized spacial score (nSPS) is 12.3. The summed E-state index contributed by atoms with van der Waals surface area (Å²) in [6.07, 6.45) is 6.37. The molecule has 1 aliphatic carbocycles. The third-order valence-electron chi connectivity index (χ3n) is 12.0. The Hall–Kier alpha value is -7.93. The first-order valence-electron chi connectivity index (χ1n) is 21.3. The Labute approximate surface area is 368 Å². The van der Waals surface area contributed by atoms with Crippen molar-refractivity contribution in [1.29, 1.82) is 0 Å². The second-order valence-corrected chi connectivity index (χ2v) is 16.9. The van der Waals surface area contributed by atoms with Gasteiger partial charge in [-0.1, -0.05) is 152 Å². The predicted octanol–water partition coefficient (Wildman–Crippen LogP) is 14.1. The maximum atomic E-state index is 6.99. The quantitative estimate of drug-likeness (QED) is 0.153. The molecule has 12 rings (SSSR count). The Bertz CT molecular complexity index is 3520.